The average Bonchev–Trinajstić information content (AvgIpc) is 2.83. The molecule has 3 rings (SSSR count). The molecule has 0 unspecified atom stereocenters. The maximum Gasteiger partial charge on any atom is 0.332 e. The second kappa shape index (κ2) is 13.7. The van der Waals surface area contributed by atoms with Gasteiger partial charge in [-0.05, 0) is 87.1 Å². The van der Waals surface area contributed by atoms with Crippen molar-refractivity contribution in [2.24, 2.45) is 5.92 Å². The summed E-state index contributed by atoms with van der Waals surface area (Å²) in [6.45, 7) is 2.14. The summed E-state index contributed by atoms with van der Waals surface area (Å²) in [5.41, 5.74) is 5.87. The Bertz CT molecular complexity index is 815. The highest BCUT2D eigenvalue weighted by Gasteiger charge is 2.14. The number of unbranched alkanes of at least 4 members (excludes halogenated alkanes) is 1. The van der Waals surface area contributed by atoms with Crippen molar-refractivity contribution < 1.29 is 14.4 Å². The van der Waals surface area contributed by atoms with Gasteiger partial charge in [0.25, 0.3) is 5.91 Å². The molecule has 1 heterocycles. The number of benzene rings is 2. The van der Waals surface area contributed by atoms with Crippen molar-refractivity contribution in [3.05, 3.63) is 71.3 Å². The zero-order chi connectivity index (χ0) is 22.4. The lowest BCUT2D eigenvalue weighted by molar-refractivity contribution is -0.158. The third-order valence-corrected chi connectivity index (χ3v) is 6.14. The first-order chi connectivity index (χ1) is 15.7. The number of hydrogen-bond donors (Lipinski definition) is 2. The van der Waals surface area contributed by atoms with Crippen molar-refractivity contribution >= 4 is 11.9 Å². The molecule has 1 fully saturated rings. The minimum Gasteiger partial charge on any atom is -0.341 e. The normalized spacial score (nSPS) is 14.1. The van der Waals surface area contributed by atoms with E-state index in [1.807, 2.05) is 18.2 Å². The first kappa shape index (κ1) is 24.0. The van der Waals surface area contributed by atoms with Gasteiger partial charge in [0.1, 0.15) is 0 Å². The van der Waals surface area contributed by atoms with E-state index < -0.39 is 0 Å². The number of hydrogen-bond acceptors (Lipinski definition) is 4. The van der Waals surface area contributed by atoms with Gasteiger partial charge in [0, 0.05) is 6.42 Å². The Labute approximate surface area is 191 Å². The highest BCUT2D eigenvalue weighted by Crippen LogP contribution is 2.18. The van der Waals surface area contributed by atoms with Gasteiger partial charge < -0.3 is 10.2 Å². The van der Waals surface area contributed by atoms with E-state index in [-0.39, 0.29) is 18.3 Å². The van der Waals surface area contributed by atoms with Crippen LogP contribution in [0, 0.1) is 5.92 Å². The standard InChI is InChI=1S/C27H36N2O3/c30-26(29-32-27(31)12-6-11-24-17-19-28-20-18-24)21-25-15-13-23(14-16-25)10-5-4-9-22-7-2-1-3-8-22/h1-3,7-8,13-16,24,28H,4-6,9-12,17-21H2,(H,29,30). The van der Waals surface area contributed by atoms with Crippen LogP contribution >= 0.6 is 0 Å². The number of carbonyl (C=O) groups is 2. The number of aryl methyl sites for hydroxylation is 2. The fraction of sp³-hybridized carbons (Fsp3) is 0.481. The number of rotatable bonds is 11. The lowest BCUT2D eigenvalue weighted by atomic mass is 9.92. The van der Waals surface area contributed by atoms with Crippen molar-refractivity contribution in [3.63, 3.8) is 0 Å². The Hall–Kier alpha value is -2.66. The predicted octanol–water partition coefficient (Wildman–Crippen LogP) is 4.54. The topological polar surface area (TPSA) is 67.4 Å². The summed E-state index contributed by atoms with van der Waals surface area (Å²) in [5.74, 6) is 0.0379. The van der Waals surface area contributed by atoms with E-state index in [1.54, 1.807) is 0 Å². The van der Waals surface area contributed by atoms with Crippen molar-refractivity contribution in [1.82, 2.24) is 10.8 Å². The van der Waals surface area contributed by atoms with E-state index in [4.69, 9.17) is 4.84 Å². The van der Waals surface area contributed by atoms with Gasteiger partial charge in [-0.15, -0.1) is 0 Å². The highest BCUT2D eigenvalue weighted by molar-refractivity contribution is 5.79. The second-order valence-electron chi connectivity index (χ2n) is 8.77. The average molecular weight is 437 g/mol. The molecule has 0 aromatic heterocycles. The Kier molecular flexibility index (Phi) is 10.3. The SMILES string of the molecule is O=C(Cc1ccc(CCCCc2ccccc2)cc1)NOC(=O)CCCC1CCNCC1. The van der Waals surface area contributed by atoms with Crippen LogP contribution in [0.25, 0.3) is 0 Å². The smallest absolute Gasteiger partial charge is 0.332 e. The van der Waals surface area contributed by atoms with Crippen LogP contribution in [0.4, 0.5) is 0 Å². The van der Waals surface area contributed by atoms with Gasteiger partial charge in [-0.25, -0.2) is 4.79 Å². The number of piperidine rings is 1. The Balaban J connectivity index is 1.26. The molecule has 1 amide bonds. The predicted molar refractivity (Wildman–Crippen MR) is 127 cm³/mol. The fourth-order valence-electron chi connectivity index (χ4n) is 4.22. The third kappa shape index (κ3) is 9.23. The molecule has 0 spiro atoms. The maximum absolute atomic E-state index is 12.1. The number of amides is 1. The van der Waals surface area contributed by atoms with Crippen molar-refractivity contribution in [2.45, 2.75) is 64.2 Å². The molecule has 1 aliphatic heterocycles. The largest absolute Gasteiger partial charge is 0.341 e. The van der Waals surface area contributed by atoms with Crippen LogP contribution in [0.2, 0.25) is 0 Å². The quantitative estimate of drug-likeness (QED) is 0.401. The molecule has 1 saturated heterocycles. The molecule has 0 saturated carbocycles. The molecule has 0 radical (unpaired) electrons. The zero-order valence-electron chi connectivity index (χ0n) is 19.0. The molecule has 2 aromatic rings. The van der Waals surface area contributed by atoms with Crippen LogP contribution in [0.3, 0.4) is 0 Å². The minimum atomic E-state index is -0.363. The van der Waals surface area contributed by atoms with E-state index in [9.17, 15) is 9.59 Å². The van der Waals surface area contributed by atoms with Crippen LogP contribution in [0.1, 0.15) is 61.6 Å². The van der Waals surface area contributed by atoms with Gasteiger partial charge in [-0.3, -0.25) is 4.79 Å². The Morgan fingerprint density at radius 1 is 0.844 bits per heavy atom. The number of hydroxylamine groups is 1. The summed E-state index contributed by atoms with van der Waals surface area (Å²) in [5, 5.41) is 3.35. The lowest BCUT2D eigenvalue weighted by Crippen LogP contribution is -2.29. The molecule has 0 bridgehead atoms. The molecule has 2 N–H and O–H groups in total. The van der Waals surface area contributed by atoms with Gasteiger partial charge in [0.15, 0.2) is 0 Å². The Morgan fingerprint density at radius 2 is 1.47 bits per heavy atom. The van der Waals surface area contributed by atoms with Crippen LogP contribution < -0.4 is 10.8 Å². The molecule has 32 heavy (non-hydrogen) atoms. The van der Waals surface area contributed by atoms with Crippen LogP contribution in [-0.4, -0.2) is 25.0 Å². The van der Waals surface area contributed by atoms with Crippen molar-refractivity contribution in [1.29, 1.82) is 0 Å². The fourth-order valence-corrected chi connectivity index (χ4v) is 4.22. The van der Waals surface area contributed by atoms with Crippen LogP contribution in [0.15, 0.2) is 54.6 Å². The summed E-state index contributed by atoms with van der Waals surface area (Å²) in [6.07, 6.45) is 9.22. The minimum absolute atomic E-state index is 0.205. The summed E-state index contributed by atoms with van der Waals surface area (Å²) in [4.78, 5) is 28.9. The van der Waals surface area contributed by atoms with Gasteiger partial charge in [-0.2, -0.15) is 5.48 Å². The molecule has 0 atom stereocenters. The molecule has 5 heteroatoms. The Morgan fingerprint density at radius 3 is 2.16 bits per heavy atom. The van der Waals surface area contributed by atoms with Crippen molar-refractivity contribution in [3.8, 4) is 0 Å². The van der Waals surface area contributed by atoms with E-state index >= 15 is 0 Å². The van der Waals surface area contributed by atoms with Gasteiger partial charge >= 0.3 is 5.97 Å². The van der Waals surface area contributed by atoms with E-state index in [0.717, 1.165) is 57.2 Å². The molecule has 1 aliphatic rings. The molecule has 0 aliphatic carbocycles. The van der Waals surface area contributed by atoms with Crippen molar-refractivity contribution in [2.75, 3.05) is 13.1 Å². The highest BCUT2D eigenvalue weighted by atomic mass is 16.7. The second-order valence-corrected chi connectivity index (χ2v) is 8.77. The zero-order valence-corrected chi connectivity index (χ0v) is 19.0. The number of nitrogens with one attached hydrogen (secondary N) is 2. The lowest BCUT2D eigenvalue weighted by Gasteiger charge is -2.22. The van der Waals surface area contributed by atoms with Gasteiger partial charge in [0.2, 0.25) is 0 Å². The molecular weight excluding hydrogens is 400 g/mol. The summed E-state index contributed by atoms with van der Waals surface area (Å²) in [7, 11) is 0. The molecule has 2 aromatic carbocycles. The van der Waals surface area contributed by atoms with Gasteiger partial charge in [0.05, 0.1) is 6.42 Å². The first-order valence-electron chi connectivity index (χ1n) is 12.0. The molecule has 172 valence electrons. The monoisotopic (exact) mass is 436 g/mol. The summed E-state index contributed by atoms with van der Waals surface area (Å²) >= 11 is 0. The van der Waals surface area contributed by atoms with Crippen LogP contribution in [-0.2, 0) is 33.7 Å². The maximum atomic E-state index is 12.1. The number of carbonyl (C=O) groups excluding carboxylic acids is 2. The van der Waals surface area contributed by atoms with E-state index in [1.165, 1.54) is 24.0 Å². The molecule has 5 nitrogen and oxygen atoms in total. The summed E-state index contributed by atoms with van der Waals surface area (Å²) < 4.78 is 0. The summed E-state index contributed by atoms with van der Waals surface area (Å²) in [6, 6.07) is 18.7. The third-order valence-electron chi connectivity index (χ3n) is 6.14. The van der Waals surface area contributed by atoms with Gasteiger partial charge in [-0.1, -0.05) is 54.6 Å². The van der Waals surface area contributed by atoms with E-state index in [2.05, 4.69) is 47.2 Å². The van der Waals surface area contributed by atoms with E-state index in [0.29, 0.717) is 12.3 Å². The van der Waals surface area contributed by atoms with Crippen LogP contribution in [0.5, 0.6) is 0 Å². The first-order valence-corrected chi connectivity index (χ1v) is 12.0. The molecular formula is C27H36N2O3.